The van der Waals surface area contributed by atoms with Gasteiger partial charge in [-0.2, -0.15) is 8.75 Å². The number of fused-ring (bicyclic) bond motifs is 1. The van der Waals surface area contributed by atoms with Gasteiger partial charge >= 0.3 is 0 Å². The molecule has 5 nitrogen and oxygen atoms in total. The summed E-state index contributed by atoms with van der Waals surface area (Å²) in [5.74, 6) is 0.0882. The lowest BCUT2D eigenvalue weighted by atomic mass is 10.1. The Balaban J connectivity index is 1.72. The maximum Gasteiger partial charge on any atom is 0.243 e. The van der Waals surface area contributed by atoms with E-state index in [0.29, 0.717) is 6.54 Å². The molecular formula is C13H14N4OS. The van der Waals surface area contributed by atoms with Crippen LogP contribution in [0.25, 0.3) is 11.0 Å². The molecule has 2 heterocycles. The summed E-state index contributed by atoms with van der Waals surface area (Å²) in [6.45, 7) is 1.35. The van der Waals surface area contributed by atoms with Crippen molar-refractivity contribution in [2.24, 2.45) is 0 Å². The predicted octanol–water partition coefficient (Wildman–Crippen LogP) is 1.18. The lowest BCUT2D eigenvalue weighted by Gasteiger charge is -2.20. The number of carbonyl (C=O) groups excluding carboxylic acids is 1. The lowest BCUT2D eigenvalue weighted by Crippen LogP contribution is -2.41. The highest BCUT2D eigenvalue weighted by molar-refractivity contribution is 7.00. The highest BCUT2D eigenvalue weighted by Crippen LogP contribution is 2.15. The minimum absolute atomic E-state index is 0.0882. The number of aromatic nitrogens is 2. The SMILES string of the molecule is CN(Cc1ccc2nsnc2c1)C(=O)[C@H]1C=CCN1. The molecule has 1 aliphatic heterocycles. The Labute approximate surface area is 115 Å². The molecule has 1 aromatic heterocycles. The smallest absolute Gasteiger partial charge is 0.243 e. The molecule has 1 amide bonds. The number of likely N-dealkylation sites (N-methyl/N-ethyl adjacent to an activating group) is 1. The van der Waals surface area contributed by atoms with Gasteiger partial charge in [-0.3, -0.25) is 10.1 Å². The molecule has 6 heteroatoms. The molecular weight excluding hydrogens is 260 g/mol. The first kappa shape index (κ1) is 12.3. The minimum atomic E-state index is -0.185. The van der Waals surface area contributed by atoms with Crippen LogP contribution in [0.4, 0.5) is 0 Å². The number of nitrogens with zero attached hydrogens (tertiary/aromatic N) is 3. The molecule has 0 fully saturated rings. The van der Waals surface area contributed by atoms with Crippen molar-refractivity contribution < 1.29 is 4.79 Å². The van der Waals surface area contributed by atoms with Gasteiger partial charge in [0, 0.05) is 20.1 Å². The van der Waals surface area contributed by atoms with E-state index in [-0.39, 0.29) is 11.9 Å². The van der Waals surface area contributed by atoms with Gasteiger partial charge in [0.2, 0.25) is 5.91 Å². The number of benzene rings is 1. The zero-order valence-electron chi connectivity index (χ0n) is 10.5. The Bertz CT molecular complexity index is 636. The summed E-state index contributed by atoms with van der Waals surface area (Å²) in [6.07, 6.45) is 3.88. The van der Waals surface area contributed by atoms with Crippen LogP contribution in [0.1, 0.15) is 5.56 Å². The third kappa shape index (κ3) is 2.50. The maximum absolute atomic E-state index is 12.1. The summed E-state index contributed by atoms with van der Waals surface area (Å²) in [6, 6.07) is 5.74. The summed E-state index contributed by atoms with van der Waals surface area (Å²) < 4.78 is 8.38. The second-order valence-corrected chi connectivity index (χ2v) is 5.12. The molecule has 3 rings (SSSR count). The van der Waals surface area contributed by atoms with E-state index < -0.39 is 0 Å². The van der Waals surface area contributed by atoms with E-state index in [1.807, 2.05) is 37.4 Å². The molecule has 1 N–H and O–H groups in total. The van der Waals surface area contributed by atoms with Crippen LogP contribution in [0.2, 0.25) is 0 Å². The van der Waals surface area contributed by atoms with Gasteiger partial charge in [0.05, 0.1) is 11.7 Å². The van der Waals surface area contributed by atoms with E-state index in [0.717, 1.165) is 23.1 Å². The molecule has 0 bridgehead atoms. The van der Waals surface area contributed by atoms with Gasteiger partial charge in [0.25, 0.3) is 0 Å². The van der Waals surface area contributed by atoms with Crippen LogP contribution in [0.3, 0.4) is 0 Å². The summed E-state index contributed by atoms with van der Waals surface area (Å²) >= 11 is 1.21. The maximum atomic E-state index is 12.1. The summed E-state index contributed by atoms with van der Waals surface area (Å²) in [7, 11) is 1.82. The Morgan fingerprint density at radius 2 is 2.32 bits per heavy atom. The number of nitrogens with one attached hydrogen (secondary N) is 1. The highest BCUT2D eigenvalue weighted by atomic mass is 32.1. The van der Waals surface area contributed by atoms with E-state index in [1.54, 1.807) is 4.90 Å². The molecule has 0 unspecified atom stereocenters. The zero-order valence-corrected chi connectivity index (χ0v) is 11.4. The molecule has 1 aromatic carbocycles. The first-order chi connectivity index (χ1) is 9.24. The van der Waals surface area contributed by atoms with Gasteiger partial charge in [-0.15, -0.1) is 0 Å². The topological polar surface area (TPSA) is 58.1 Å². The standard InChI is InChI=1S/C13H14N4OS/c1-17(13(18)11-3-2-6-14-11)8-9-4-5-10-12(7-9)16-19-15-10/h2-5,7,11,14H,6,8H2,1H3/t11-/m1/s1. The van der Waals surface area contributed by atoms with Crippen molar-refractivity contribution in [2.45, 2.75) is 12.6 Å². The predicted molar refractivity (Wildman–Crippen MR) is 74.8 cm³/mol. The number of carbonyl (C=O) groups is 1. The molecule has 0 saturated carbocycles. The Kier molecular flexibility index (Phi) is 3.27. The monoisotopic (exact) mass is 274 g/mol. The molecule has 0 saturated heterocycles. The molecule has 1 atom stereocenters. The average Bonchev–Trinajstić information content (AvgIpc) is 3.08. The quantitative estimate of drug-likeness (QED) is 0.854. The van der Waals surface area contributed by atoms with Crippen molar-refractivity contribution in [3.05, 3.63) is 35.9 Å². The zero-order chi connectivity index (χ0) is 13.2. The van der Waals surface area contributed by atoms with E-state index in [4.69, 9.17) is 0 Å². The first-order valence-corrected chi connectivity index (χ1v) is 6.83. The van der Waals surface area contributed by atoms with Gasteiger partial charge in [-0.05, 0) is 17.7 Å². The summed E-state index contributed by atoms with van der Waals surface area (Å²) in [5, 5.41) is 3.13. The van der Waals surface area contributed by atoms with E-state index in [1.165, 1.54) is 11.7 Å². The minimum Gasteiger partial charge on any atom is -0.340 e. The van der Waals surface area contributed by atoms with E-state index in [2.05, 4.69) is 14.1 Å². The molecule has 0 aliphatic carbocycles. The van der Waals surface area contributed by atoms with Crippen molar-refractivity contribution in [1.29, 1.82) is 0 Å². The number of amides is 1. The summed E-state index contributed by atoms with van der Waals surface area (Å²) in [4.78, 5) is 13.9. The van der Waals surface area contributed by atoms with Crippen LogP contribution in [-0.2, 0) is 11.3 Å². The molecule has 1 aliphatic rings. The second kappa shape index (κ2) is 5.07. The highest BCUT2D eigenvalue weighted by Gasteiger charge is 2.21. The van der Waals surface area contributed by atoms with E-state index >= 15 is 0 Å². The molecule has 19 heavy (non-hydrogen) atoms. The Morgan fingerprint density at radius 1 is 1.47 bits per heavy atom. The van der Waals surface area contributed by atoms with Crippen LogP contribution in [-0.4, -0.2) is 39.2 Å². The van der Waals surface area contributed by atoms with Gasteiger partial charge in [0.1, 0.15) is 17.1 Å². The number of rotatable bonds is 3. The number of hydrogen-bond donors (Lipinski definition) is 1. The fraction of sp³-hybridized carbons (Fsp3) is 0.308. The average molecular weight is 274 g/mol. The van der Waals surface area contributed by atoms with Gasteiger partial charge in [-0.1, -0.05) is 18.2 Å². The van der Waals surface area contributed by atoms with Crippen molar-refractivity contribution in [3.63, 3.8) is 0 Å². The first-order valence-electron chi connectivity index (χ1n) is 6.10. The second-order valence-electron chi connectivity index (χ2n) is 4.60. The molecule has 0 spiro atoms. The third-order valence-corrected chi connectivity index (χ3v) is 3.72. The fourth-order valence-electron chi connectivity index (χ4n) is 2.15. The van der Waals surface area contributed by atoms with Crippen molar-refractivity contribution in [2.75, 3.05) is 13.6 Å². The summed E-state index contributed by atoms with van der Waals surface area (Å²) in [5.41, 5.74) is 2.86. The lowest BCUT2D eigenvalue weighted by molar-refractivity contribution is -0.131. The molecule has 0 radical (unpaired) electrons. The fourth-order valence-corrected chi connectivity index (χ4v) is 2.67. The van der Waals surface area contributed by atoms with Crippen molar-refractivity contribution >= 4 is 28.7 Å². The van der Waals surface area contributed by atoms with Crippen molar-refractivity contribution in [3.8, 4) is 0 Å². The van der Waals surface area contributed by atoms with Gasteiger partial charge in [0.15, 0.2) is 0 Å². The Morgan fingerprint density at radius 3 is 3.11 bits per heavy atom. The van der Waals surface area contributed by atoms with Crippen LogP contribution in [0.15, 0.2) is 30.4 Å². The largest absolute Gasteiger partial charge is 0.340 e. The van der Waals surface area contributed by atoms with E-state index in [9.17, 15) is 4.79 Å². The van der Waals surface area contributed by atoms with Crippen LogP contribution >= 0.6 is 11.7 Å². The van der Waals surface area contributed by atoms with Crippen LogP contribution < -0.4 is 5.32 Å². The normalized spacial score (nSPS) is 18.1. The van der Waals surface area contributed by atoms with Crippen molar-refractivity contribution in [1.82, 2.24) is 19.0 Å². The number of hydrogen-bond acceptors (Lipinski definition) is 5. The van der Waals surface area contributed by atoms with Gasteiger partial charge < -0.3 is 4.90 Å². The molecule has 98 valence electrons. The van der Waals surface area contributed by atoms with Gasteiger partial charge in [-0.25, -0.2) is 0 Å². The Hall–Kier alpha value is -1.79. The van der Waals surface area contributed by atoms with Crippen LogP contribution in [0.5, 0.6) is 0 Å². The van der Waals surface area contributed by atoms with Crippen LogP contribution in [0, 0.1) is 0 Å². The third-order valence-electron chi connectivity index (χ3n) is 3.16. The molecule has 2 aromatic rings.